The van der Waals surface area contributed by atoms with Gasteiger partial charge in [-0.15, -0.1) is 16.4 Å². The Balaban J connectivity index is 0.000000374. The van der Waals surface area contributed by atoms with E-state index in [1.54, 1.807) is 10.6 Å². The van der Waals surface area contributed by atoms with Crippen LogP contribution >= 0.6 is 0 Å². The van der Waals surface area contributed by atoms with Crippen LogP contribution in [0.25, 0.3) is 0 Å². The maximum Gasteiger partial charge on any atom is 0.200 e. The Morgan fingerprint density at radius 1 is 0.310 bits per heavy atom. The van der Waals surface area contributed by atoms with Crippen molar-refractivity contribution in [1.29, 1.82) is 0 Å². The fourth-order valence-corrected chi connectivity index (χ4v) is 12.6. The molecule has 486 valence electrons. The lowest BCUT2D eigenvalue weighted by atomic mass is 9.12. The van der Waals surface area contributed by atoms with Crippen LogP contribution in [-0.2, 0) is 0 Å². The predicted molar refractivity (Wildman–Crippen MR) is 321 cm³/mol. The summed E-state index contributed by atoms with van der Waals surface area (Å²) >= 11 is 0. The number of rotatable bonds is 39. The number of unbranched alkanes of at least 4 members (excludes halogenated alkanes) is 30. The van der Waals surface area contributed by atoms with Crippen LogP contribution in [0.5, 0.6) is 5.75 Å². The number of aryl methyl sites for hydroxylation is 3. The molecule has 5 aromatic carbocycles. The first kappa shape index (κ1) is 74.3. The second-order valence-corrected chi connectivity index (χ2v) is 23.9. The Morgan fingerprint density at radius 3 is 0.770 bits per heavy atom. The average Bonchev–Trinajstić information content (AvgIpc) is 0.701. The largest absolute Gasteiger partial charge is 0.511 e. The van der Waals surface area contributed by atoms with Gasteiger partial charge in [0.1, 0.15) is 46.7 Å². The van der Waals surface area contributed by atoms with Crippen LogP contribution in [0.3, 0.4) is 0 Å². The van der Waals surface area contributed by atoms with Crippen molar-refractivity contribution in [3.05, 3.63) is 140 Å². The fraction of sp³-hybridized carbons (Fsp3) is 0.565. The zero-order valence-corrected chi connectivity index (χ0v) is 51.7. The van der Waals surface area contributed by atoms with Gasteiger partial charge in [0.2, 0.25) is 0 Å². The van der Waals surface area contributed by atoms with Crippen molar-refractivity contribution in [3.63, 3.8) is 0 Å². The van der Waals surface area contributed by atoms with Crippen LogP contribution in [0.2, 0.25) is 0 Å². The third-order valence-corrected chi connectivity index (χ3v) is 17.1. The quantitative estimate of drug-likeness (QED) is 0.0132. The monoisotopic (exact) mass is 1250 g/mol. The van der Waals surface area contributed by atoms with E-state index in [0.717, 1.165) is 6.07 Å². The van der Waals surface area contributed by atoms with Gasteiger partial charge in [0.25, 0.3) is 0 Å². The summed E-state index contributed by atoms with van der Waals surface area (Å²) in [4.78, 5) is 1.77. The molecule has 0 heterocycles. The molecular formula is C69H91BF15NO. The Kier molecular flexibility index (Phi) is 32.8. The molecular weight excluding hydrogens is 1150 g/mol. The lowest BCUT2D eigenvalue weighted by Crippen LogP contribution is -3.07. The molecule has 0 aliphatic carbocycles. The molecule has 0 saturated heterocycles. The third-order valence-electron chi connectivity index (χ3n) is 17.1. The normalized spacial score (nSPS) is 11.8. The first-order valence-corrected chi connectivity index (χ1v) is 32.1. The number of nitrogens with one attached hydrogen (secondary N) is 1. The van der Waals surface area contributed by atoms with E-state index < -0.39 is 121 Å². The van der Waals surface area contributed by atoms with Crippen LogP contribution in [0.15, 0.2) is 36.4 Å². The average molecular weight is 1250 g/mol. The smallest absolute Gasteiger partial charge is 0.200 e. The van der Waals surface area contributed by atoms with Crippen LogP contribution in [-0.4, -0.2) is 24.3 Å². The maximum absolute atomic E-state index is 15.4. The maximum atomic E-state index is 15.4. The van der Waals surface area contributed by atoms with Crippen molar-refractivity contribution in [3.8, 4) is 5.75 Å². The van der Waals surface area contributed by atoms with Gasteiger partial charge in [-0.05, 0) is 52.5 Å². The Labute approximate surface area is 507 Å². The number of para-hydroxylation sites is 1. The van der Waals surface area contributed by atoms with E-state index in [0.29, 0.717) is 12.1 Å². The Morgan fingerprint density at radius 2 is 0.529 bits per heavy atom. The lowest BCUT2D eigenvalue weighted by Gasteiger charge is -2.44. The first-order chi connectivity index (χ1) is 41.6. The zero-order chi connectivity index (χ0) is 64.2. The third kappa shape index (κ3) is 20.2. The molecule has 0 fully saturated rings. The summed E-state index contributed by atoms with van der Waals surface area (Å²) in [6.45, 7) is 14.2. The number of phenols is 1. The summed E-state index contributed by atoms with van der Waals surface area (Å²) in [6.07, 6.45) is 40.4. The molecule has 87 heavy (non-hydrogen) atoms. The summed E-state index contributed by atoms with van der Waals surface area (Å²) in [5, 5.41) is 10.5. The number of phenolic OH excluding ortho intramolecular Hbond substituents is 1. The molecule has 0 atom stereocenters. The van der Waals surface area contributed by atoms with Gasteiger partial charge in [0.15, 0.2) is 52.4 Å². The molecule has 0 aliphatic heterocycles. The number of aromatic hydroxyl groups is 1. The van der Waals surface area contributed by atoms with E-state index in [9.17, 15) is 44.6 Å². The van der Waals surface area contributed by atoms with E-state index in [-0.39, 0.29) is 6.07 Å². The summed E-state index contributed by atoms with van der Waals surface area (Å²) in [6, 6.07) is 6.76. The Hall–Kier alpha value is -5.13. The highest BCUT2D eigenvalue weighted by Crippen LogP contribution is 2.30. The lowest BCUT2D eigenvalue weighted by molar-refractivity contribution is -0.833. The SMILES string of the molecule is CCCCCCCCCCCCCCCCCC[NH+](CCCCCCCCCCCCCCCCCC)c1c(C)cc(C)cc1C.Oc1ccccc1[B-](c1c(F)c(F)c(F)c(F)c1F)(c1c(F)c(F)c(F)c(F)c1F)c1c(F)c(F)c(F)c(F)c1F. The highest BCUT2D eigenvalue weighted by molar-refractivity contribution is 7.20. The van der Waals surface area contributed by atoms with Crippen LogP contribution < -0.4 is 26.8 Å². The molecule has 0 spiro atoms. The molecule has 0 bridgehead atoms. The minimum absolute atomic E-state index is 0.184. The van der Waals surface area contributed by atoms with Gasteiger partial charge in [-0.3, -0.25) is 0 Å². The van der Waals surface area contributed by atoms with Gasteiger partial charge in [0, 0.05) is 11.1 Å². The first-order valence-electron chi connectivity index (χ1n) is 32.1. The van der Waals surface area contributed by atoms with E-state index in [1.165, 1.54) is 235 Å². The van der Waals surface area contributed by atoms with E-state index in [1.807, 2.05) is 0 Å². The molecule has 5 aromatic rings. The molecule has 2 N–H and O–H groups in total. The fourth-order valence-electron chi connectivity index (χ4n) is 12.6. The van der Waals surface area contributed by atoms with Gasteiger partial charge >= 0.3 is 0 Å². The van der Waals surface area contributed by atoms with Gasteiger partial charge in [-0.25, -0.2) is 65.9 Å². The zero-order valence-electron chi connectivity index (χ0n) is 51.7. The van der Waals surface area contributed by atoms with Gasteiger partial charge in [0.05, 0.1) is 18.8 Å². The molecule has 0 radical (unpaired) electrons. The highest BCUT2D eigenvalue weighted by atomic mass is 19.2. The minimum Gasteiger partial charge on any atom is -0.511 e. The summed E-state index contributed by atoms with van der Waals surface area (Å²) in [5.74, 6) is -48.4. The molecule has 0 aromatic heterocycles. The molecule has 5 rings (SSSR count). The second kappa shape index (κ2) is 38.4. The van der Waals surface area contributed by atoms with Crippen LogP contribution in [0, 0.1) is 108 Å². The van der Waals surface area contributed by atoms with Gasteiger partial charge in [-0.2, -0.15) is 5.46 Å². The molecule has 2 nitrogen and oxygen atoms in total. The molecule has 0 amide bonds. The minimum atomic E-state index is -5.99. The van der Waals surface area contributed by atoms with E-state index in [2.05, 4.69) is 46.8 Å². The standard InChI is InChI=1S/C45H85N.C24H5BF15O/c1-6-8-10-12-14-16-18-20-22-24-26-28-30-32-34-36-38-46(45-43(4)40-42(3)41-44(45)5)39-37-35-33-31-29-27-25-23-21-19-17-15-13-11-9-7-2;26-10-7(11(27)17(33)22(38)16(10)32)25(5-3-1-2-4-6(5)41,8-12(28)18(34)23(39)19(35)13(8)29)9-14(30)20(36)24(40)21(37)15(9)31/h40-41H,6-39H2,1-5H3;1-4,41H/q;-1/p+1. The second-order valence-electron chi connectivity index (χ2n) is 23.9. The number of hydrogen-bond acceptors (Lipinski definition) is 1. The topological polar surface area (TPSA) is 24.7 Å². The highest BCUT2D eigenvalue weighted by Gasteiger charge is 2.50. The Bertz CT molecular complexity index is 2600. The van der Waals surface area contributed by atoms with Gasteiger partial charge < -0.3 is 10.0 Å². The summed E-state index contributed by atoms with van der Waals surface area (Å²) in [5.41, 5.74) is -4.20. The van der Waals surface area contributed by atoms with Crippen LogP contribution in [0.4, 0.5) is 71.5 Å². The van der Waals surface area contributed by atoms with E-state index >= 15 is 26.3 Å². The number of halogens is 15. The van der Waals surface area contributed by atoms with Crippen LogP contribution in [0.1, 0.15) is 236 Å². The predicted octanol–water partition coefficient (Wildman–Crippen LogP) is 19.5. The molecule has 0 unspecified atom stereocenters. The van der Waals surface area contributed by atoms with Crippen molar-refractivity contribution in [2.75, 3.05) is 13.1 Å². The molecule has 18 heteroatoms. The van der Waals surface area contributed by atoms with E-state index in [4.69, 9.17) is 0 Å². The number of quaternary nitrogens is 1. The van der Waals surface area contributed by atoms with Crippen molar-refractivity contribution in [1.82, 2.24) is 0 Å². The van der Waals surface area contributed by atoms with Crippen molar-refractivity contribution < 1.29 is 75.9 Å². The van der Waals surface area contributed by atoms with Crippen molar-refractivity contribution in [2.24, 2.45) is 0 Å². The van der Waals surface area contributed by atoms with Crippen molar-refractivity contribution >= 4 is 33.7 Å². The molecule has 0 aliphatic rings. The summed E-state index contributed by atoms with van der Waals surface area (Å²) < 4.78 is 221. The van der Waals surface area contributed by atoms with Crippen molar-refractivity contribution in [2.45, 2.75) is 240 Å². The number of benzene rings is 5. The molecule has 0 saturated carbocycles. The summed E-state index contributed by atoms with van der Waals surface area (Å²) in [7, 11) is 0. The number of hydrogen-bond donors (Lipinski definition) is 2. The van der Waals surface area contributed by atoms with Gasteiger partial charge in [-0.1, -0.05) is 230 Å².